The number of hydrogen-bond donors (Lipinski definition) is 1. The summed E-state index contributed by atoms with van der Waals surface area (Å²) in [4.78, 5) is 16.1. The molecule has 18 heavy (non-hydrogen) atoms. The molecule has 0 radical (unpaired) electrons. The number of hydrogen-bond acceptors (Lipinski definition) is 5. The van der Waals surface area contributed by atoms with Crippen LogP contribution in [-0.2, 0) is 11.3 Å². The monoisotopic (exact) mass is 249 g/mol. The second-order valence-electron chi connectivity index (χ2n) is 3.84. The minimum atomic E-state index is -0.564. The number of pyridine rings is 1. The van der Waals surface area contributed by atoms with E-state index in [1.54, 1.807) is 18.5 Å². The first-order valence-electron chi connectivity index (χ1n) is 5.82. The molecule has 0 aromatic carbocycles. The van der Waals surface area contributed by atoms with Gasteiger partial charge in [0.25, 0.3) is 0 Å². The van der Waals surface area contributed by atoms with Crippen LogP contribution in [0, 0.1) is 6.92 Å². The summed E-state index contributed by atoms with van der Waals surface area (Å²) in [7, 11) is 0. The lowest BCUT2D eigenvalue weighted by Gasteiger charge is -2.08. The van der Waals surface area contributed by atoms with Crippen molar-refractivity contribution in [2.75, 3.05) is 6.61 Å². The fourth-order valence-corrected chi connectivity index (χ4v) is 1.86. The van der Waals surface area contributed by atoms with Crippen molar-refractivity contribution in [3.63, 3.8) is 0 Å². The first kappa shape index (κ1) is 12.3. The second-order valence-corrected chi connectivity index (χ2v) is 3.84. The first-order valence-corrected chi connectivity index (χ1v) is 5.82. The minimum Gasteiger partial charge on any atom is -0.506 e. The maximum absolute atomic E-state index is 11.8. The topological polar surface area (TPSA) is 77.2 Å². The largest absolute Gasteiger partial charge is 0.506 e. The van der Waals surface area contributed by atoms with E-state index in [-0.39, 0.29) is 17.9 Å². The number of aromatic hydroxyl groups is 1. The molecule has 2 aromatic rings. The van der Waals surface area contributed by atoms with E-state index in [2.05, 4.69) is 10.1 Å². The zero-order valence-corrected chi connectivity index (χ0v) is 10.6. The quantitative estimate of drug-likeness (QED) is 0.837. The Morgan fingerprint density at radius 2 is 2.22 bits per heavy atom. The van der Waals surface area contributed by atoms with Crippen molar-refractivity contribution in [2.24, 2.45) is 0 Å². The molecule has 2 rings (SSSR count). The Hall–Kier alpha value is -2.11. The van der Waals surface area contributed by atoms with E-state index in [9.17, 15) is 9.90 Å². The predicted octanol–water partition coefficient (Wildman–Crippen LogP) is 1.64. The average molecular weight is 249 g/mol. The molecule has 6 nitrogen and oxygen atoms in total. The highest BCUT2D eigenvalue weighted by molar-refractivity contribution is 5.99. The molecule has 0 saturated carbocycles. The Morgan fingerprint density at radius 1 is 1.50 bits per heavy atom. The van der Waals surface area contributed by atoms with Crippen molar-refractivity contribution in [1.29, 1.82) is 0 Å². The van der Waals surface area contributed by atoms with Crippen molar-refractivity contribution in [1.82, 2.24) is 14.8 Å². The van der Waals surface area contributed by atoms with E-state index < -0.39 is 5.97 Å². The van der Waals surface area contributed by atoms with Crippen LogP contribution < -0.4 is 0 Å². The van der Waals surface area contributed by atoms with Gasteiger partial charge in [0.2, 0.25) is 0 Å². The van der Waals surface area contributed by atoms with Gasteiger partial charge in [-0.05, 0) is 20.8 Å². The summed E-state index contributed by atoms with van der Waals surface area (Å²) in [6.45, 7) is 6.21. The number of rotatable bonds is 3. The Kier molecular flexibility index (Phi) is 3.18. The predicted molar refractivity (Wildman–Crippen MR) is 65.6 cm³/mol. The highest BCUT2D eigenvalue weighted by Gasteiger charge is 2.21. The lowest BCUT2D eigenvalue weighted by molar-refractivity contribution is 0.0522. The molecule has 0 fully saturated rings. The normalized spacial score (nSPS) is 10.8. The summed E-state index contributed by atoms with van der Waals surface area (Å²) in [5.74, 6) is -0.679. The molecule has 0 unspecified atom stereocenters. The number of ether oxygens (including phenoxy) is 1. The van der Waals surface area contributed by atoms with Crippen molar-refractivity contribution < 1.29 is 14.6 Å². The highest BCUT2D eigenvalue weighted by Crippen LogP contribution is 2.29. The molecular weight excluding hydrogens is 234 g/mol. The molecule has 2 heterocycles. The van der Waals surface area contributed by atoms with Gasteiger partial charge in [-0.1, -0.05) is 0 Å². The fraction of sp³-hybridized carbons (Fsp3) is 0.417. The summed E-state index contributed by atoms with van der Waals surface area (Å²) >= 11 is 0. The van der Waals surface area contributed by atoms with Crippen LogP contribution in [0.3, 0.4) is 0 Å². The zero-order valence-electron chi connectivity index (χ0n) is 10.6. The van der Waals surface area contributed by atoms with Crippen LogP contribution >= 0.6 is 0 Å². The average Bonchev–Trinajstić information content (AvgIpc) is 2.72. The van der Waals surface area contributed by atoms with Crippen molar-refractivity contribution in [3.8, 4) is 5.75 Å². The number of nitrogens with zero attached hydrogens (tertiary/aromatic N) is 3. The number of fused-ring (bicyclic) bond motifs is 1. The van der Waals surface area contributed by atoms with Gasteiger partial charge in [-0.25, -0.2) is 14.5 Å². The van der Waals surface area contributed by atoms with Gasteiger partial charge in [-0.15, -0.1) is 0 Å². The summed E-state index contributed by atoms with van der Waals surface area (Å²) in [5, 5.41) is 14.7. The highest BCUT2D eigenvalue weighted by atomic mass is 16.5. The molecule has 0 bridgehead atoms. The number of carbonyl (C=O) groups is 1. The second kappa shape index (κ2) is 4.64. The molecule has 96 valence electrons. The number of aryl methyl sites for hydroxylation is 2. The summed E-state index contributed by atoms with van der Waals surface area (Å²) < 4.78 is 6.57. The molecule has 0 aliphatic carbocycles. The third-order valence-electron chi connectivity index (χ3n) is 2.72. The lowest BCUT2D eigenvalue weighted by Crippen LogP contribution is -2.09. The molecule has 0 spiro atoms. The molecule has 2 aromatic heterocycles. The van der Waals surface area contributed by atoms with Crippen LogP contribution in [0.4, 0.5) is 0 Å². The first-order chi connectivity index (χ1) is 8.60. The van der Waals surface area contributed by atoms with Crippen LogP contribution in [-0.4, -0.2) is 32.4 Å². The molecule has 6 heteroatoms. The van der Waals surface area contributed by atoms with Crippen molar-refractivity contribution >= 4 is 17.0 Å². The van der Waals surface area contributed by atoms with E-state index in [1.807, 2.05) is 6.92 Å². The summed E-state index contributed by atoms with van der Waals surface area (Å²) in [6.07, 6.45) is 1.50. The van der Waals surface area contributed by atoms with Crippen molar-refractivity contribution in [2.45, 2.75) is 27.3 Å². The van der Waals surface area contributed by atoms with Gasteiger partial charge in [0.15, 0.2) is 5.65 Å². The van der Waals surface area contributed by atoms with E-state index in [0.29, 0.717) is 23.3 Å². The number of carbonyl (C=O) groups excluding carboxylic acids is 1. The van der Waals surface area contributed by atoms with Gasteiger partial charge in [0, 0.05) is 6.54 Å². The lowest BCUT2D eigenvalue weighted by atomic mass is 10.1. The third kappa shape index (κ3) is 1.79. The molecule has 1 N–H and O–H groups in total. The van der Waals surface area contributed by atoms with Crippen LogP contribution in [0.15, 0.2) is 6.20 Å². The maximum atomic E-state index is 11.8. The van der Waals surface area contributed by atoms with Gasteiger partial charge in [-0.2, -0.15) is 5.10 Å². The molecule has 0 atom stereocenters. The smallest absolute Gasteiger partial charge is 0.343 e. The van der Waals surface area contributed by atoms with Gasteiger partial charge < -0.3 is 9.84 Å². The van der Waals surface area contributed by atoms with Crippen LogP contribution in [0.1, 0.15) is 29.9 Å². The van der Waals surface area contributed by atoms with Crippen molar-refractivity contribution in [3.05, 3.63) is 17.5 Å². The Labute approximate surface area is 104 Å². The maximum Gasteiger partial charge on any atom is 0.343 e. The third-order valence-corrected chi connectivity index (χ3v) is 2.72. The fourth-order valence-electron chi connectivity index (χ4n) is 1.86. The van der Waals surface area contributed by atoms with Gasteiger partial charge in [0.05, 0.1) is 23.9 Å². The molecular formula is C12H15N3O3. The van der Waals surface area contributed by atoms with E-state index >= 15 is 0 Å². The van der Waals surface area contributed by atoms with E-state index in [4.69, 9.17) is 4.74 Å². The Bertz CT molecular complexity index is 604. The number of aromatic nitrogens is 3. The number of esters is 1. The minimum absolute atomic E-state index is 0.111. The molecule has 0 aliphatic heterocycles. The van der Waals surface area contributed by atoms with Gasteiger partial charge in [0.1, 0.15) is 11.3 Å². The van der Waals surface area contributed by atoms with Crippen LogP contribution in [0.2, 0.25) is 0 Å². The van der Waals surface area contributed by atoms with Gasteiger partial charge in [-0.3, -0.25) is 0 Å². The van der Waals surface area contributed by atoms with Crippen LogP contribution in [0.25, 0.3) is 11.0 Å². The van der Waals surface area contributed by atoms with Crippen LogP contribution in [0.5, 0.6) is 5.75 Å². The molecule has 0 amide bonds. The molecule has 0 saturated heterocycles. The molecule has 0 aliphatic rings. The van der Waals surface area contributed by atoms with E-state index in [1.165, 1.54) is 6.20 Å². The summed E-state index contributed by atoms with van der Waals surface area (Å²) in [5.41, 5.74) is 1.12. The Morgan fingerprint density at radius 3 is 2.83 bits per heavy atom. The zero-order chi connectivity index (χ0) is 13.3. The van der Waals surface area contributed by atoms with Gasteiger partial charge >= 0.3 is 5.97 Å². The Balaban J connectivity index is 2.66. The standard InChI is InChI=1S/C12H15N3O3/c1-4-15-11-8(6-13-15)10(16)9(7(3)14-11)12(17)18-5-2/h6H,4-5H2,1-3H3,(H,14,16). The summed E-state index contributed by atoms with van der Waals surface area (Å²) in [6, 6.07) is 0. The van der Waals surface area contributed by atoms with E-state index in [0.717, 1.165) is 0 Å². The SMILES string of the molecule is CCOC(=O)c1c(C)nc2c(cnn2CC)c1O.